The van der Waals surface area contributed by atoms with E-state index in [0.29, 0.717) is 22.7 Å². The first kappa shape index (κ1) is 24.4. The molecule has 1 aromatic heterocycles. The summed E-state index contributed by atoms with van der Waals surface area (Å²) in [4.78, 5) is 19.2. The van der Waals surface area contributed by atoms with Gasteiger partial charge >= 0.3 is 6.18 Å². The van der Waals surface area contributed by atoms with E-state index >= 15 is 0 Å². The number of nitrogens with zero attached hydrogens (tertiary/aromatic N) is 2. The van der Waals surface area contributed by atoms with Crippen LogP contribution in [0.5, 0.6) is 11.6 Å². The molecule has 0 radical (unpaired) electrons. The summed E-state index contributed by atoms with van der Waals surface area (Å²) < 4.78 is 45.9. The van der Waals surface area contributed by atoms with Crippen molar-refractivity contribution in [1.29, 1.82) is 0 Å². The van der Waals surface area contributed by atoms with Gasteiger partial charge in [0.15, 0.2) is 5.78 Å². The smallest absolute Gasteiger partial charge is 0.421 e. The summed E-state index contributed by atoms with van der Waals surface area (Å²) in [6, 6.07) is 12.8. The molecule has 2 aliphatic rings. The minimum Gasteiger partial charge on any atom is -0.438 e. The molecular weight excluding hydrogens is 489 g/mol. The molecule has 0 spiro atoms. The first-order valence-electron chi connectivity index (χ1n) is 11.7. The van der Waals surface area contributed by atoms with Crippen LogP contribution in [0, 0.1) is 5.92 Å². The molecule has 2 unspecified atom stereocenters. The van der Waals surface area contributed by atoms with E-state index in [9.17, 15) is 18.0 Å². The van der Waals surface area contributed by atoms with Gasteiger partial charge in [0.05, 0.1) is 6.04 Å². The van der Waals surface area contributed by atoms with Crippen LogP contribution in [0.25, 0.3) is 0 Å². The van der Waals surface area contributed by atoms with E-state index < -0.39 is 17.6 Å². The van der Waals surface area contributed by atoms with E-state index in [4.69, 9.17) is 16.3 Å². The predicted molar refractivity (Wildman–Crippen MR) is 133 cm³/mol. The summed E-state index contributed by atoms with van der Waals surface area (Å²) in [5, 5.41) is 0.687. The number of halogens is 4. The summed E-state index contributed by atoms with van der Waals surface area (Å²) in [5.74, 6) is -0.394. The lowest BCUT2D eigenvalue weighted by Crippen LogP contribution is -2.24. The van der Waals surface area contributed by atoms with Gasteiger partial charge in [-0.2, -0.15) is 13.2 Å². The highest BCUT2D eigenvalue weighted by atomic mass is 35.5. The summed E-state index contributed by atoms with van der Waals surface area (Å²) in [6.45, 7) is 3.94. The van der Waals surface area contributed by atoms with Gasteiger partial charge in [-0.3, -0.25) is 4.79 Å². The fourth-order valence-electron chi connectivity index (χ4n) is 4.85. The maximum atomic E-state index is 13.4. The summed E-state index contributed by atoms with van der Waals surface area (Å²) in [5.41, 5.74) is 3.49. The number of allylic oxidation sites excluding steroid dienone is 1. The molecule has 2 aromatic carbocycles. The number of anilines is 1. The topological polar surface area (TPSA) is 42.4 Å². The normalized spacial score (nSPS) is 18.6. The second-order valence-electron chi connectivity index (χ2n) is 9.33. The van der Waals surface area contributed by atoms with Crippen LogP contribution < -0.4 is 9.64 Å². The third kappa shape index (κ3) is 4.85. The third-order valence-electron chi connectivity index (χ3n) is 6.92. The standard InChI is InChI=1S/C28H24ClF3N2O2/c1-16-12-18(16)14-26(35)22-15-20(36-27-23(28(30,31)32)4-3-11-33-27)7-10-25(22)34(2)24-9-5-17-13-19(29)6-8-21(17)24/h3-4,6-8,10-11,13,15,18,24H,1,5,9,12,14H2,2H3. The van der Waals surface area contributed by atoms with E-state index in [1.54, 1.807) is 12.1 Å². The second-order valence-corrected chi connectivity index (χ2v) is 9.77. The van der Waals surface area contributed by atoms with E-state index in [1.165, 1.54) is 23.9 Å². The molecular formula is C28H24ClF3N2O2. The van der Waals surface area contributed by atoms with Crippen molar-refractivity contribution in [3.63, 3.8) is 0 Å². The first-order chi connectivity index (χ1) is 17.1. The van der Waals surface area contributed by atoms with Crippen molar-refractivity contribution in [2.75, 3.05) is 11.9 Å². The van der Waals surface area contributed by atoms with E-state index in [1.807, 2.05) is 25.2 Å². The zero-order chi connectivity index (χ0) is 25.6. The minimum atomic E-state index is -4.62. The van der Waals surface area contributed by atoms with Crippen LogP contribution in [-0.2, 0) is 12.6 Å². The maximum absolute atomic E-state index is 13.4. The van der Waals surface area contributed by atoms with Crippen LogP contribution in [0.4, 0.5) is 18.9 Å². The van der Waals surface area contributed by atoms with Crippen molar-refractivity contribution in [2.24, 2.45) is 5.92 Å². The highest BCUT2D eigenvalue weighted by Gasteiger charge is 2.36. The number of hydrogen-bond donors (Lipinski definition) is 0. The molecule has 3 aromatic rings. The second kappa shape index (κ2) is 9.28. The van der Waals surface area contributed by atoms with Gasteiger partial charge in [-0.05, 0) is 78.8 Å². The number of Topliss-reactive ketones (excluding diaryl/α,β-unsaturated/α-hetero) is 1. The number of hydrogen-bond acceptors (Lipinski definition) is 4. The molecule has 8 heteroatoms. The number of aromatic nitrogens is 1. The van der Waals surface area contributed by atoms with E-state index in [-0.39, 0.29) is 23.5 Å². The van der Waals surface area contributed by atoms with Gasteiger partial charge in [-0.15, -0.1) is 0 Å². The van der Waals surface area contributed by atoms with Gasteiger partial charge in [0.2, 0.25) is 5.88 Å². The number of fused-ring (bicyclic) bond motifs is 1. The van der Waals surface area contributed by atoms with Gasteiger partial charge in [-0.1, -0.05) is 29.8 Å². The number of alkyl halides is 3. The SMILES string of the molecule is C=C1CC1CC(=O)c1cc(Oc2ncccc2C(F)(F)F)ccc1N(C)C1CCc2cc(Cl)ccc21. The van der Waals surface area contributed by atoms with Gasteiger partial charge < -0.3 is 9.64 Å². The molecule has 2 atom stereocenters. The Labute approximate surface area is 212 Å². The summed E-state index contributed by atoms with van der Waals surface area (Å²) in [7, 11) is 1.93. The zero-order valence-electron chi connectivity index (χ0n) is 19.6. The molecule has 36 heavy (non-hydrogen) atoms. The average Bonchev–Trinajstić information content (AvgIpc) is 3.36. The summed E-state index contributed by atoms with van der Waals surface area (Å²) >= 11 is 6.17. The zero-order valence-corrected chi connectivity index (χ0v) is 20.4. The monoisotopic (exact) mass is 512 g/mol. The Kier molecular flexibility index (Phi) is 6.29. The number of benzene rings is 2. The molecule has 0 saturated heterocycles. The summed E-state index contributed by atoms with van der Waals surface area (Å²) in [6.07, 6.45) is -0.531. The molecule has 1 saturated carbocycles. The number of aryl methyl sites for hydroxylation is 1. The van der Waals surface area contributed by atoms with Crippen LogP contribution in [0.3, 0.4) is 0 Å². The van der Waals surface area contributed by atoms with Crippen LogP contribution >= 0.6 is 11.6 Å². The van der Waals surface area contributed by atoms with Gasteiger partial charge in [0, 0.05) is 35.9 Å². The van der Waals surface area contributed by atoms with Crippen LogP contribution in [0.2, 0.25) is 5.02 Å². The lowest BCUT2D eigenvalue weighted by atomic mass is 10.00. The number of rotatable bonds is 7. The highest BCUT2D eigenvalue weighted by Crippen LogP contribution is 2.44. The number of ketones is 1. The Hall–Kier alpha value is -3.32. The van der Waals surface area contributed by atoms with Gasteiger partial charge in [0.25, 0.3) is 0 Å². The molecule has 0 aliphatic heterocycles. The van der Waals surface area contributed by atoms with Crippen LogP contribution in [-0.4, -0.2) is 17.8 Å². The fourth-order valence-corrected chi connectivity index (χ4v) is 5.05. The molecule has 0 bridgehead atoms. The quantitative estimate of drug-likeness (QED) is 0.239. The third-order valence-corrected chi connectivity index (χ3v) is 7.15. The highest BCUT2D eigenvalue weighted by molar-refractivity contribution is 6.30. The molecule has 0 amide bonds. The minimum absolute atomic E-state index is 0.0408. The Morgan fingerprint density at radius 1 is 1.22 bits per heavy atom. The first-order valence-corrected chi connectivity index (χ1v) is 12.1. The Morgan fingerprint density at radius 3 is 2.72 bits per heavy atom. The van der Waals surface area contributed by atoms with Crippen molar-refractivity contribution >= 4 is 23.1 Å². The lowest BCUT2D eigenvalue weighted by molar-refractivity contribution is -0.138. The van der Waals surface area contributed by atoms with Crippen LogP contribution in [0.15, 0.2) is 66.9 Å². The number of carbonyl (C=O) groups excluding carboxylic acids is 1. The molecule has 5 rings (SSSR count). The molecule has 1 heterocycles. The number of pyridine rings is 1. The van der Waals surface area contributed by atoms with Gasteiger partial charge in [0.1, 0.15) is 11.3 Å². The van der Waals surface area contributed by atoms with E-state index in [2.05, 4.69) is 16.5 Å². The van der Waals surface area contributed by atoms with Crippen molar-refractivity contribution < 1.29 is 22.7 Å². The van der Waals surface area contributed by atoms with Crippen LogP contribution in [0.1, 0.15) is 52.4 Å². The Morgan fingerprint density at radius 2 is 2.00 bits per heavy atom. The van der Waals surface area contributed by atoms with E-state index in [0.717, 1.165) is 36.5 Å². The van der Waals surface area contributed by atoms with Crippen molar-refractivity contribution in [3.8, 4) is 11.6 Å². The number of ether oxygens (including phenoxy) is 1. The van der Waals surface area contributed by atoms with Gasteiger partial charge in [-0.25, -0.2) is 4.98 Å². The lowest BCUT2D eigenvalue weighted by Gasteiger charge is -2.29. The number of carbonyl (C=O) groups is 1. The Balaban J connectivity index is 1.50. The largest absolute Gasteiger partial charge is 0.438 e. The Bertz CT molecular complexity index is 1350. The fraction of sp³-hybridized carbons (Fsp3) is 0.286. The molecule has 2 aliphatic carbocycles. The molecule has 1 fully saturated rings. The molecule has 4 nitrogen and oxygen atoms in total. The molecule has 186 valence electrons. The van der Waals surface area contributed by atoms with Crippen molar-refractivity contribution in [3.05, 3.63) is 94.2 Å². The average molecular weight is 513 g/mol. The predicted octanol–water partition coefficient (Wildman–Crippen LogP) is 7.82. The van der Waals surface area contributed by atoms with Crippen molar-refractivity contribution in [1.82, 2.24) is 4.98 Å². The molecule has 0 N–H and O–H groups in total. The van der Waals surface area contributed by atoms with Crippen molar-refractivity contribution in [2.45, 2.75) is 37.9 Å². The maximum Gasteiger partial charge on any atom is 0.421 e.